The van der Waals surface area contributed by atoms with Gasteiger partial charge in [-0.15, -0.1) is 11.3 Å². The molecule has 0 spiro atoms. The number of benzene rings is 2. The maximum absolute atomic E-state index is 12.3. The third-order valence-electron chi connectivity index (χ3n) is 3.41. The van der Waals surface area contributed by atoms with E-state index in [2.05, 4.69) is 16.6 Å². The molecular weight excluding hydrogens is 360 g/mol. The van der Waals surface area contributed by atoms with Gasteiger partial charge in [-0.3, -0.25) is 4.72 Å². The number of thioether (sulfide) groups is 1. The van der Waals surface area contributed by atoms with Crippen molar-refractivity contribution in [3.05, 3.63) is 54.1 Å². The number of anilines is 1. The van der Waals surface area contributed by atoms with Crippen molar-refractivity contribution in [3.8, 4) is 0 Å². The molecule has 1 heterocycles. The van der Waals surface area contributed by atoms with Crippen LogP contribution in [0.4, 0.5) is 5.69 Å². The molecule has 3 rings (SSSR count). The van der Waals surface area contributed by atoms with Gasteiger partial charge < -0.3 is 0 Å². The normalized spacial score (nSPS) is 11.7. The summed E-state index contributed by atoms with van der Waals surface area (Å²) in [5.41, 5.74) is 2.51. The Labute approximate surface area is 150 Å². The van der Waals surface area contributed by atoms with Crippen molar-refractivity contribution >= 4 is 49.0 Å². The summed E-state index contributed by atoms with van der Waals surface area (Å²) in [6.45, 7) is 2.09. The van der Waals surface area contributed by atoms with Crippen LogP contribution in [0.3, 0.4) is 0 Å². The monoisotopic (exact) mass is 378 g/mol. The molecule has 2 aromatic carbocycles. The topological polar surface area (TPSA) is 59.1 Å². The smallest absolute Gasteiger partial charge is 0.233 e. The summed E-state index contributed by atoms with van der Waals surface area (Å²) in [5.74, 6) is 1.04. The maximum Gasteiger partial charge on any atom is 0.233 e. The highest BCUT2D eigenvalue weighted by molar-refractivity contribution is 8.01. The van der Waals surface area contributed by atoms with E-state index in [1.54, 1.807) is 29.2 Å². The van der Waals surface area contributed by atoms with Crippen molar-refractivity contribution in [2.75, 3.05) is 16.2 Å². The van der Waals surface area contributed by atoms with E-state index in [-0.39, 0.29) is 5.75 Å². The Kier molecular flexibility index (Phi) is 5.43. The van der Waals surface area contributed by atoms with Crippen molar-refractivity contribution in [2.45, 2.75) is 17.7 Å². The third kappa shape index (κ3) is 4.49. The number of aryl methyl sites for hydroxylation is 1. The Hall–Kier alpha value is -1.57. The van der Waals surface area contributed by atoms with Crippen LogP contribution in [-0.2, 0) is 16.4 Å². The fraction of sp³-hybridized carbons (Fsp3) is 0.235. The minimum atomic E-state index is -3.38. The lowest BCUT2D eigenvalue weighted by Crippen LogP contribution is -2.18. The molecule has 0 bridgehead atoms. The van der Waals surface area contributed by atoms with Gasteiger partial charge in [0, 0.05) is 0 Å². The van der Waals surface area contributed by atoms with Gasteiger partial charge in [0.05, 0.1) is 21.7 Å². The molecule has 0 fully saturated rings. The highest BCUT2D eigenvalue weighted by Gasteiger charge is 2.12. The zero-order valence-electron chi connectivity index (χ0n) is 13.2. The second-order valence-corrected chi connectivity index (χ2v) is 9.64. The minimum Gasteiger partial charge on any atom is -0.283 e. The zero-order valence-corrected chi connectivity index (χ0v) is 15.7. The van der Waals surface area contributed by atoms with Crippen molar-refractivity contribution < 1.29 is 8.42 Å². The quantitative estimate of drug-likeness (QED) is 0.619. The Bertz CT molecular complexity index is 921. The van der Waals surface area contributed by atoms with E-state index in [4.69, 9.17) is 0 Å². The summed E-state index contributed by atoms with van der Waals surface area (Å²) < 4.78 is 29.3. The fourth-order valence-electron chi connectivity index (χ4n) is 2.28. The maximum atomic E-state index is 12.3. The Balaban J connectivity index is 1.70. The van der Waals surface area contributed by atoms with Crippen LogP contribution >= 0.6 is 23.1 Å². The lowest BCUT2D eigenvalue weighted by Gasteiger charge is -2.08. The third-order valence-corrected chi connectivity index (χ3v) is 6.74. The van der Waals surface area contributed by atoms with Crippen LogP contribution in [0.15, 0.2) is 52.9 Å². The van der Waals surface area contributed by atoms with Gasteiger partial charge in [-0.25, -0.2) is 13.4 Å². The molecule has 3 aromatic rings. The number of nitrogens with zero attached hydrogens (tertiary/aromatic N) is 1. The van der Waals surface area contributed by atoms with Gasteiger partial charge in [-0.1, -0.05) is 49.0 Å². The largest absolute Gasteiger partial charge is 0.283 e. The SMILES string of the molecule is CCSc1nc2ccc(NS(=O)(=O)CCc3ccccc3)cc2s1. The lowest BCUT2D eigenvalue weighted by molar-refractivity contribution is 0.600. The molecule has 0 aliphatic carbocycles. The highest BCUT2D eigenvalue weighted by Crippen LogP contribution is 2.31. The number of hydrogen-bond donors (Lipinski definition) is 1. The van der Waals surface area contributed by atoms with E-state index < -0.39 is 10.0 Å². The first-order chi connectivity index (χ1) is 11.6. The Morgan fingerprint density at radius 2 is 1.96 bits per heavy atom. The predicted molar refractivity (Wildman–Crippen MR) is 104 cm³/mol. The van der Waals surface area contributed by atoms with E-state index in [1.165, 1.54) is 0 Å². The molecule has 1 N–H and O–H groups in total. The molecule has 0 aliphatic rings. The van der Waals surface area contributed by atoms with E-state index in [0.717, 1.165) is 25.9 Å². The molecule has 0 amide bonds. The Morgan fingerprint density at radius 3 is 2.71 bits per heavy atom. The van der Waals surface area contributed by atoms with Gasteiger partial charge in [-0.2, -0.15) is 0 Å². The fourth-order valence-corrected chi connectivity index (χ4v) is 5.38. The number of sulfonamides is 1. The van der Waals surface area contributed by atoms with Gasteiger partial charge in [0.15, 0.2) is 4.34 Å². The zero-order chi connectivity index (χ0) is 17.0. The van der Waals surface area contributed by atoms with Gasteiger partial charge in [0.25, 0.3) is 0 Å². The van der Waals surface area contributed by atoms with Crippen molar-refractivity contribution in [1.29, 1.82) is 0 Å². The molecule has 1 aromatic heterocycles. The summed E-state index contributed by atoms with van der Waals surface area (Å²) in [5, 5.41) is 0. The van der Waals surface area contributed by atoms with Crippen LogP contribution in [0.25, 0.3) is 10.2 Å². The molecule has 0 unspecified atom stereocenters. The average molecular weight is 379 g/mol. The molecular formula is C17H18N2O2S3. The minimum absolute atomic E-state index is 0.0642. The van der Waals surface area contributed by atoms with Gasteiger partial charge in [0.1, 0.15) is 0 Å². The number of thiazole rings is 1. The molecule has 24 heavy (non-hydrogen) atoms. The lowest BCUT2D eigenvalue weighted by atomic mass is 10.2. The van der Waals surface area contributed by atoms with Crippen molar-refractivity contribution in [3.63, 3.8) is 0 Å². The number of nitrogens with one attached hydrogen (secondary N) is 1. The Morgan fingerprint density at radius 1 is 1.17 bits per heavy atom. The summed E-state index contributed by atoms with van der Waals surface area (Å²) in [6, 6.07) is 15.1. The number of fused-ring (bicyclic) bond motifs is 1. The molecule has 4 nitrogen and oxygen atoms in total. The van der Waals surface area contributed by atoms with Crippen molar-refractivity contribution in [1.82, 2.24) is 4.98 Å². The van der Waals surface area contributed by atoms with Crippen LogP contribution in [0, 0.1) is 0 Å². The number of aromatic nitrogens is 1. The van der Waals surface area contributed by atoms with Gasteiger partial charge >= 0.3 is 0 Å². The van der Waals surface area contributed by atoms with Crippen LogP contribution < -0.4 is 4.72 Å². The second-order valence-electron chi connectivity index (χ2n) is 5.25. The molecule has 0 atom stereocenters. The molecule has 0 aliphatic heterocycles. The summed E-state index contributed by atoms with van der Waals surface area (Å²) in [6.07, 6.45) is 0.496. The summed E-state index contributed by atoms with van der Waals surface area (Å²) >= 11 is 3.28. The van der Waals surface area contributed by atoms with E-state index in [1.807, 2.05) is 42.5 Å². The molecule has 7 heteroatoms. The van der Waals surface area contributed by atoms with E-state index >= 15 is 0 Å². The molecule has 0 saturated heterocycles. The predicted octanol–water partition coefficient (Wildman–Crippen LogP) is 4.39. The molecule has 0 saturated carbocycles. The first-order valence-corrected chi connectivity index (χ1v) is 11.1. The van der Waals surface area contributed by atoms with Crippen LogP contribution in [0.2, 0.25) is 0 Å². The van der Waals surface area contributed by atoms with E-state index in [9.17, 15) is 8.42 Å². The highest BCUT2D eigenvalue weighted by atomic mass is 32.2. The summed E-state index contributed by atoms with van der Waals surface area (Å²) in [4.78, 5) is 4.52. The first-order valence-electron chi connectivity index (χ1n) is 7.63. The standard InChI is InChI=1S/C17H18N2O2S3/c1-2-22-17-18-15-9-8-14(12-16(15)23-17)19-24(20,21)11-10-13-6-4-3-5-7-13/h3-9,12,19H,2,10-11H2,1H3. The number of hydrogen-bond acceptors (Lipinski definition) is 5. The molecule has 126 valence electrons. The average Bonchev–Trinajstić information content (AvgIpc) is 2.96. The van der Waals surface area contributed by atoms with Crippen molar-refractivity contribution in [2.24, 2.45) is 0 Å². The second kappa shape index (κ2) is 7.55. The molecule has 0 radical (unpaired) electrons. The van der Waals surface area contributed by atoms with E-state index in [0.29, 0.717) is 12.1 Å². The first kappa shape index (κ1) is 17.3. The van der Waals surface area contributed by atoms with Gasteiger partial charge in [-0.05, 0) is 35.9 Å². The van der Waals surface area contributed by atoms with Crippen LogP contribution in [0.5, 0.6) is 0 Å². The van der Waals surface area contributed by atoms with Gasteiger partial charge in [0.2, 0.25) is 10.0 Å². The van der Waals surface area contributed by atoms with Crippen LogP contribution in [0.1, 0.15) is 12.5 Å². The summed E-state index contributed by atoms with van der Waals surface area (Å²) in [7, 11) is -3.38. The van der Waals surface area contributed by atoms with Crippen LogP contribution in [-0.4, -0.2) is 24.9 Å². The number of rotatable bonds is 7.